The van der Waals surface area contributed by atoms with Crippen molar-refractivity contribution in [2.75, 3.05) is 20.3 Å². The first kappa shape index (κ1) is 18.5. The van der Waals surface area contributed by atoms with Gasteiger partial charge in [-0.15, -0.1) is 0 Å². The number of nitrogens with one attached hydrogen (secondary N) is 2. The van der Waals surface area contributed by atoms with Crippen LogP contribution in [0.1, 0.15) is 52.9 Å². The summed E-state index contributed by atoms with van der Waals surface area (Å²) in [5.41, 5.74) is -0.452. The van der Waals surface area contributed by atoms with Gasteiger partial charge in [-0.1, -0.05) is 0 Å². The van der Waals surface area contributed by atoms with Crippen molar-refractivity contribution in [1.82, 2.24) is 10.6 Å². The first-order valence-corrected chi connectivity index (χ1v) is 8.74. The Morgan fingerprint density at radius 2 is 2.13 bits per heavy atom. The van der Waals surface area contributed by atoms with E-state index < -0.39 is 5.60 Å². The molecule has 2 rings (SSSR count). The van der Waals surface area contributed by atoms with Crippen LogP contribution in [0.15, 0.2) is 0 Å². The van der Waals surface area contributed by atoms with Crippen LogP contribution in [0.3, 0.4) is 0 Å². The van der Waals surface area contributed by atoms with Crippen LogP contribution in [0.2, 0.25) is 0 Å². The molecule has 0 aromatic carbocycles. The summed E-state index contributed by atoms with van der Waals surface area (Å²) in [7, 11) is 1.73. The third-order valence-electron chi connectivity index (χ3n) is 4.32. The SMILES string of the molecule is COCC(CCCNC(=O)OC(C)(C)C)NC1CC2CCC1O2. The Kier molecular flexibility index (Phi) is 6.68. The van der Waals surface area contributed by atoms with Gasteiger partial charge in [-0.2, -0.15) is 0 Å². The molecular formula is C17H32N2O4. The Hall–Kier alpha value is -0.850. The van der Waals surface area contributed by atoms with Crippen molar-refractivity contribution in [1.29, 1.82) is 0 Å². The van der Waals surface area contributed by atoms with Gasteiger partial charge >= 0.3 is 6.09 Å². The highest BCUT2D eigenvalue weighted by Gasteiger charge is 2.41. The van der Waals surface area contributed by atoms with Crippen molar-refractivity contribution in [3.8, 4) is 0 Å². The van der Waals surface area contributed by atoms with Crippen molar-refractivity contribution in [2.45, 2.75) is 82.8 Å². The lowest BCUT2D eigenvalue weighted by molar-refractivity contribution is 0.0525. The van der Waals surface area contributed by atoms with Crippen LogP contribution in [-0.2, 0) is 14.2 Å². The van der Waals surface area contributed by atoms with E-state index in [2.05, 4.69) is 10.6 Å². The molecule has 134 valence electrons. The number of fused-ring (bicyclic) bond motifs is 2. The number of amides is 1. The van der Waals surface area contributed by atoms with E-state index in [-0.39, 0.29) is 6.09 Å². The number of hydrogen-bond donors (Lipinski definition) is 2. The van der Waals surface area contributed by atoms with E-state index in [1.807, 2.05) is 20.8 Å². The summed E-state index contributed by atoms with van der Waals surface area (Å²) in [4.78, 5) is 11.6. The summed E-state index contributed by atoms with van der Waals surface area (Å²) in [5, 5.41) is 6.48. The lowest BCUT2D eigenvalue weighted by Gasteiger charge is -2.26. The van der Waals surface area contributed by atoms with E-state index >= 15 is 0 Å². The monoisotopic (exact) mass is 328 g/mol. The highest BCUT2D eigenvalue weighted by Crippen LogP contribution is 2.34. The third kappa shape index (κ3) is 6.28. The molecule has 0 radical (unpaired) electrons. The van der Waals surface area contributed by atoms with Crippen LogP contribution in [0.5, 0.6) is 0 Å². The van der Waals surface area contributed by atoms with Crippen molar-refractivity contribution in [3.05, 3.63) is 0 Å². The second-order valence-electron chi connectivity index (χ2n) is 7.61. The molecular weight excluding hydrogens is 296 g/mol. The highest BCUT2D eigenvalue weighted by molar-refractivity contribution is 5.67. The molecule has 2 N–H and O–H groups in total. The topological polar surface area (TPSA) is 68.8 Å². The molecule has 4 atom stereocenters. The van der Waals surface area contributed by atoms with Crippen LogP contribution in [0.4, 0.5) is 4.79 Å². The zero-order valence-electron chi connectivity index (χ0n) is 14.9. The Labute approximate surface area is 139 Å². The van der Waals surface area contributed by atoms with Gasteiger partial charge in [0.2, 0.25) is 0 Å². The Morgan fingerprint density at radius 1 is 1.35 bits per heavy atom. The van der Waals surface area contributed by atoms with E-state index in [0.29, 0.717) is 37.4 Å². The van der Waals surface area contributed by atoms with E-state index in [1.165, 1.54) is 12.8 Å². The van der Waals surface area contributed by atoms with E-state index in [4.69, 9.17) is 14.2 Å². The van der Waals surface area contributed by atoms with Crippen molar-refractivity contribution in [3.63, 3.8) is 0 Å². The molecule has 2 saturated heterocycles. The van der Waals surface area contributed by atoms with Gasteiger partial charge in [0.05, 0.1) is 18.8 Å². The molecule has 0 spiro atoms. The van der Waals surface area contributed by atoms with Crippen molar-refractivity contribution < 1.29 is 19.0 Å². The molecule has 2 heterocycles. The summed E-state index contributed by atoms with van der Waals surface area (Å²) in [6.45, 7) is 6.89. The second kappa shape index (κ2) is 8.31. The van der Waals surface area contributed by atoms with Crippen LogP contribution in [-0.4, -0.2) is 56.2 Å². The molecule has 0 aromatic heterocycles. The fourth-order valence-corrected chi connectivity index (χ4v) is 3.39. The third-order valence-corrected chi connectivity index (χ3v) is 4.32. The zero-order valence-corrected chi connectivity index (χ0v) is 14.9. The molecule has 2 aliphatic heterocycles. The summed E-state index contributed by atoms with van der Waals surface area (Å²) >= 11 is 0. The zero-order chi connectivity index (χ0) is 16.9. The maximum Gasteiger partial charge on any atom is 0.407 e. The number of rotatable bonds is 8. The van der Waals surface area contributed by atoms with E-state index in [0.717, 1.165) is 19.3 Å². The van der Waals surface area contributed by atoms with Crippen LogP contribution >= 0.6 is 0 Å². The van der Waals surface area contributed by atoms with Crippen LogP contribution in [0.25, 0.3) is 0 Å². The van der Waals surface area contributed by atoms with Gasteiger partial charge in [-0.3, -0.25) is 0 Å². The smallest absolute Gasteiger partial charge is 0.407 e. The van der Waals surface area contributed by atoms with Crippen LogP contribution < -0.4 is 10.6 Å². The molecule has 6 heteroatoms. The quantitative estimate of drug-likeness (QED) is 0.669. The first-order valence-electron chi connectivity index (χ1n) is 8.74. The van der Waals surface area contributed by atoms with E-state index in [9.17, 15) is 4.79 Å². The Balaban J connectivity index is 1.63. The fraction of sp³-hybridized carbons (Fsp3) is 0.941. The molecule has 2 aliphatic rings. The second-order valence-corrected chi connectivity index (χ2v) is 7.61. The average Bonchev–Trinajstić information content (AvgIpc) is 3.04. The molecule has 6 nitrogen and oxygen atoms in total. The van der Waals surface area contributed by atoms with Crippen molar-refractivity contribution >= 4 is 6.09 Å². The van der Waals surface area contributed by atoms with Gasteiger partial charge in [-0.25, -0.2) is 4.79 Å². The summed E-state index contributed by atoms with van der Waals surface area (Å²) < 4.78 is 16.4. The number of hydrogen-bond acceptors (Lipinski definition) is 5. The molecule has 1 amide bonds. The molecule has 2 fully saturated rings. The maximum atomic E-state index is 11.6. The molecule has 4 unspecified atom stereocenters. The predicted molar refractivity (Wildman–Crippen MR) is 88.6 cm³/mol. The summed E-state index contributed by atoms with van der Waals surface area (Å²) in [6, 6.07) is 0.751. The van der Waals surface area contributed by atoms with Gasteiger partial charge in [0.25, 0.3) is 0 Å². The minimum Gasteiger partial charge on any atom is -0.444 e. The number of alkyl carbamates (subject to hydrolysis) is 1. The molecule has 0 aromatic rings. The van der Waals surface area contributed by atoms with Gasteiger partial charge in [0, 0.05) is 25.7 Å². The van der Waals surface area contributed by atoms with Gasteiger partial charge in [-0.05, 0) is 52.9 Å². The number of carbonyl (C=O) groups is 1. The number of methoxy groups -OCH3 is 1. The van der Waals surface area contributed by atoms with Crippen LogP contribution in [0, 0.1) is 0 Å². The fourth-order valence-electron chi connectivity index (χ4n) is 3.39. The summed E-state index contributed by atoms with van der Waals surface area (Å²) in [6.07, 6.45) is 5.81. The standard InChI is InChI=1S/C17H32N2O4/c1-17(2,3)23-16(20)18-9-5-6-12(11-21-4)19-14-10-13-7-8-15(14)22-13/h12-15,19H,5-11H2,1-4H3,(H,18,20). The predicted octanol–water partition coefficient (Wildman–Crippen LogP) is 2.22. The molecule has 0 aliphatic carbocycles. The van der Waals surface area contributed by atoms with Gasteiger partial charge in [0.15, 0.2) is 0 Å². The molecule has 2 bridgehead atoms. The Morgan fingerprint density at radius 3 is 2.70 bits per heavy atom. The molecule has 0 saturated carbocycles. The van der Waals surface area contributed by atoms with Gasteiger partial charge in [0.1, 0.15) is 5.60 Å². The lowest BCUT2D eigenvalue weighted by atomic mass is 9.94. The molecule has 23 heavy (non-hydrogen) atoms. The summed E-state index contributed by atoms with van der Waals surface area (Å²) in [5.74, 6) is 0. The minimum absolute atomic E-state index is 0.299. The minimum atomic E-state index is -0.452. The highest BCUT2D eigenvalue weighted by atomic mass is 16.6. The van der Waals surface area contributed by atoms with Gasteiger partial charge < -0.3 is 24.8 Å². The normalized spacial score (nSPS) is 27.9. The largest absolute Gasteiger partial charge is 0.444 e. The van der Waals surface area contributed by atoms with Crippen molar-refractivity contribution in [2.24, 2.45) is 0 Å². The number of ether oxygens (including phenoxy) is 3. The maximum absolute atomic E-state index is 11.6. The van der Waals surface area contributed by atoms with E-state index in [1.54, 1.807) is 7.11 Å². The Bertz CT molecular complexity index is 383. The first-order chi connectivity index (χ1) is 10.9. The lowest BCUT2D eigenvalue weighted by Crippen LogP contribution is -2.46. The average molecular weight is 328 g/mol. The number of carbonyl (C=O) groups excluding carboxylic acids is 1.